The molecule has 84 valence electrons. The molecule has 0 aromatic carbocycles. The molecule has 0 aliphatic carbocycles. The van der Waals surface area contributed by atoms with Crippen molar-refractivity contribution < 1.29 is 9.47 Å². The van der Waals surface area contributed by atoms with E-state index in [9.17, 15) is 0 Å². The highest BCUT2D eigenvalue weighted by atomic mass is 16.7. The minimum absolute atomic E-state index is 0.0274. The maximum absolute atomic E-state index is 5.43. The predicted octanol–water partition coefficient (Wildman–Crippen LogP) is 1.77. The fourth-order valence-electron chi connectivity index (χ4n) is 1.69. The number of hydrogen-bond donors (Lipinski definition) is 1. The molecule has 1 rings (SSSR count). The molecule has 1 N–H and O–H groups in total. The van der Waals surface area contributed by atoms with Crippen LogP contribution in [0.5, 0.6) is 0 Å². The molecule has 1 fully saturated rings. The average molecular weight is 201 g/mol. The first-order valence-corrected chi connectivity index (χ1v) is 5.63. The molecular formula is C11H23NO2. The van der Waals surface area contributed by atoms with Crippen LogP contribution in [0, 0.1) is 5.92 Å². The molecule has 1 unspecified atom stereocenters. The zero-order chi connectivity index (χ0) is 10.4. The highest BCUT2D eigenvalue weighted by Crippen LogP contribution is 2.15. The van der Waals surface area contributed by atoms with Crippen molar-refractivity contribution in [2.75, 3.05) is 20.3 Å². The maximum atomic E-state index is 5.43. The summed E-state index contributed by atoms with van der Waals surface area (Å²) in [7, 11) is 2.01. The fourth-order valence-corrected chi connectivity index (χ4v) is 1.69. The van der Waals surface area contributed by atoms with Gasteiger partial charge in [0, 0.05) is 12.5 Å². The van der Waals surface area contributed by atoms with Gasteiger partial charge in [-0.1, -0.05) is 13.8 Å². The zero-order valence-electron chi connectivity index (χ0n) is 9.58. The molecule has 1 aliphatic rings. The molecule has 3 heteroatoms. The van der Waals surface area contributed by atoms with Crippen molar-refractivity contribution in [2.24, 2.45) is 5.92 Å². The van der Waals surface area contributed by atoms with Gasteiger partial charge in [0.2, 0.25) is 0 Å². The molecule has 0 aromatic heterocycles. The molecule has 0 aromatic rings. The number of hydrogen-bond acceptors (Lipinski definition) is 3. The third kappa shape index (κ3) is 4.40. The van der Waals surface area contributed by atoms with E-state index >= 15 is 0 Å². The van der Waals surface area contributed by atoms with E-state index in [2.05, 4.69) is 19.2 Å². The molecule has 1 aliphatic heterocycles. The lowest BCUT2D eigenvalue weighted by Crippen LogP contribution is -2.30. The summed E-state index contributed by atoms with van der Waals surface area (Å²) >= 11 is 0. The summed E-state index contributed by atoms with van der Waals surface area (Å²) in [5, 5.41) is 3.32. The van der Waals surface area contributed by atoms with Crippen LogP contribution in [0.4, 0.5) is 0 Å². The molecule has 1 atom stereocenters. The third-order valence-corrected chi connectivity index (χ3v) is 2.67. The van der Waals surface area contributed by atoms with Gasteiger partial charge in [-0.05, 0) is 25.8 Å². The smallest absolute Gasteiger partial charge is 0.159 e. The minimum atomic E-state index is 0.0274. The Hall–Kier alpha value is -0.120. The van der Waals surface area contributed by atoms with Crippen molar-refractivity contribution in [3.63, 3.8) is 0 Å². The van der Waals surface area contributed by atoms with Gasteiger partial charge in [0.1, 0.15) is 0 Å². The normalized spacial score (nSPS) is 20.6. The van der Waals surface area contributed by atoms with E-state index in [1.54, 1.807) is 0 Å². The van der Waals surface area contributed by atoms with Crippen LogP contribution in [0.3, 0.4) is 0 Å². The summed E-state index contributed by atoms with van der Waals surface area (Å²) in [4.78, 5) is 0. The second-order valence-electron chi connectivity index (χ2n) is 4.36. The van der Waals surface area contributed by atoms with Crippen LogP contribution in [0.25, 0.3) is 0 Å². The van der Waals surface area contributed by atoms with Gasteiger partial charge in [-0.15, -0.1) is 0 Å². The Balaban J connectivity index is 2.16. The largest absolute Gasteiger partial charge is 0.350 e. The Morgan fingerprint density at radius 2 is 1.86 bits per heavy atom. The molecule has 0 amide bonds. The number of rotatable bonds is 6. The van der Waals surface area contributed by atoms with Gasteiger partial charge in [-0.25, -0.2) is 0 Å². The monoisotopic (exact) mass is 201 g/mol. The molecule has 1 saturated heterocycles. The van der Waals surface area contributed by atoms with Crippen LogP contribution in [0.2, 0.25) is 0 Å². The van der Waals surface area contributed by atoms with Gasteiger partial charge in [0.05, 0.1) is 13.2 Å². The maximum Gasteiger partial charge on any atom is 0.159 e. The zero-order valence-corrected chi connectivity index (χ0v) is 9.58. The molecular weight excluding hydrogens is 178 g/mol. The lowest BCUT2D eigenvalue weighted by atomic mass is 10.0. The Labute approximate surface area is 87.2 Å². The molecule has 1 heterocycles. The SMILES string of the molecule is CNC(CCC(C)C)CC1OCCO1. The van der Waals surface area contributed by atoms with E-state index in [0.717, 1.165) is 25.6 Å². The average Bonchev–Trinajstić information content (AvgIpc) is 2.64. The van der Waals surface area contributed by atoms with Crippen molar-refractivity contribution in [1.29, 1.82) is 0 Å². The Morgan fingerprint density at radius 1 is 1.21 bits per heavy atom. The molecule has 14 heavy (non-hydrogen) atoms. The van der Waals surface area contributed by atoms with E-state index in [0.29, 0.717) is 6.04 Å². The standard InChI is InChI=1S/C11H23NO2/c1-9(2)4-5-10(12-3)8-11-13-6-7-14-11/h9-12H,4-8H2,1-3H3. The summed E-state index contributed by atoms with van der Waals surface area (Å²) in [6.45, 7) is 6.03. The molecule has 3 nitrogen and oxygen atoms in total. The van der Waals surface area contributed by atoms with Gasteiger partial charge in [0.15, 0.2) is 6.29 Å². The van der Waals surface area contributed by atoms with Gasteiger partial charge in [0.25, 0.3) is 0 Å². The van der Waals surface area contributed by atoms with Crippen molar-refractivity contribution in [2.45, 2.75) is 45.4 Å². The van der Waals surface area contributed by atoms with E-state index in [4.69, 9.17) is 9.47 Å². The van der Waals surface area contributed by atoms with Crippen LogP contribution >= 0.6 is 0 Å². The third-order valence-electron chi connectivity index (χ3n) is 2.67. The van der Waals surface area contributed by atoms with Crippen LogP contribution in [0.1, 0.15) is 33.1 Å². The van der Waals surface area contributed by atoms with E-state index in [1.807, 2.05) is 7.05 Å². The molecule has 0 spiro atoms. The predicted molar refractivity (Wildman–Crippen MR) is 57.2 cm³/mol. The summed E-state index contributed by atoms with van der Waals surface area (Å²) < 4.78 is 10.9. The van der Waals surface area contributed by atoms with Gasteiger partial charge in [-0.3, -0.25) is 0 Å². The van der Waals surface area contributed by atoms with Crippen molar-refractivity contribution in [3.8, 4) is 0 Å². The lowest BCUT2D eigenvalue weighted by molar-refractivity contribution is -0.0530. The fraction of sp³-hybridized carbons (Fsp3) is 1.00. The van der Waals surface area contributed by atoms with Gasteiger partial charge >= 0.3 is 0 Å². The second kappa shape index (κ2) is 6.38. The lowest BCUT2D eigenvalue weighted by Gasteiger charge is -2.20. The van der Waals surface area contributed by atoms with Crippen LogP contribution in [-0.4, -0.2) is 32.6 Å². The van der Waals surface area contributed by atoms with Gasteiger partial charge in [-0.2, -0.15) is 0 Å². The summed E-state index contributed by atoms with van der Waals surface area (Å²) in [6.07, 6.45) is 3.47. The Bertz CT molecular complexity index is 144. The summed E-state index contributed by atoms with van der Waals surface area (Å²) in [5.74, 6) is 0.774. The quantitative estimate of drug-likeness (QED) is 0.710. The van der Waals surface area contributed by atoms with Gasteiger partial charge < -0.3 is 14.8 Å². The van der Waals surface area contributed by atoms with Crippen molar-refractivity contribution in [3.05, 3.63) is 0 Å². The highest BCUT2D eigenvalue weighted by Gasteiger charge is 2.20. The molecule has 0 bridgehead atoms. The minimum Gasteiger partial charge on any atom is -0.350 e. The highest BCUT2D eigenvalue weighted by molar-refractivity contribution is 4.69. The number of ether oxygens (including phenoxy) is 2. The van der Waals surface area contributed by atoms with Crippen molar-refractivity contribution in [1.82, 2.24) is 5.32 Å². The first kappa shape index (κ1) is 12.0. The van der Waals surface area contributed by atoms with Crippen molar-refractivity contribution >= 4 is 0 Å². The number of nitrogens with one attached hydrogen (secondary N) is 1. The van der Waals surface area contributed by atoms with Crippen LogP contribution in [0.15, 0.2) is 0 Å². The first-order chi connectivity index (χ1) is 6.72. The molecule has 0 saturated carbocycles. The first-order valence-electron chi connectivity index (χ1n) is 5.63. The topological polar surface area (TPSA) is 30.5 Å². The Kier molecular flexibility index (Phi) is 5.45. The molecule has 0 radical (unpaired) electrons. The summed E-state index contributed by atoms with van der Waals surface area (Å²) in [5.41, 5.74) is 0. The Morgan fingerprint density at radius 3 is 2.36 bits per heavy atom. The van der Waals surface area contributed by atoms with E-state index in [1.165, 1.54) is 12.8 Å². The van der Waals surface area contributed by atoms with Crippen LogP contribution < -0.4 is 5.32 Å². The summed E-state index contributed by atoms with van der Waals surface area (Å²) in [6, 6.07) is 0.528. The van der Waals surface area contributed by atoms with Crippen LogP contribution in [-0.2, 0) is 9.47 Å². The van der Waals surface area contributed by atoms with E-state index in [-0.39, 0.29) is 6.29 Å². The van der Waals surface area contributed by atoms with E-state index < -0.39 is 0 Å². The second-order valence-corrected chi connectivity index (χ2v) is 4.36.